The number of hydrogen-bond donors (Lipinski definition) is 0. The highest BCUT2D eigenvalue weighted by Crippen LogP contribution is 2.18. The molecule has 1 aromatic carbocycles. The molecule has 6 heteroatoms. The van der Waals surface area contributed by atoms with Crippen LogP contribution in [-0.4, -0.2) is 23.3 Å². The van der Waals surface area contributed by atoms with E-state index in [-0.39, 0.29) is 18.7 Å². The van der Waals surface area contributed by atoms with Gasteiger partial charge in [-0.15, -0.1) is 0 Å². The Morgan fingerprint density at radius 3 is 2.68 bits per heavy atom. The molecule has 100 valence electrons. The maximum atomic E-state index is 11.4. The van der Waals surface area contributed by atoms with Crippen LogP contribution in [0.3, 0.4) is 0 Å². The maximum Gasteiger partial charge on any atom is 0.313 e. The molecule has 6 nitrogen and oxygen atoms in total. The predicted molar refractivity (Wildman–Crippen MR) is 68.4 cm³/mol. The van der Waals surface area contributed by atoms with Gasteiger partial charge in [0.1, 0.15) is 6.42 Å². The number of ether oxygens (including phenoxy) is 1. The summed E-state index contributed by atoms with van der Waals surface area (Å²) < 4.78 is 4.62. The highest BCUT2D eigenvalue weighted by atomic mass is 16.6. The van der Waals surface area contributed by atoms with E-state index >= 15 is 0 Å². The number of carbonyl (C=O) groups is 2. The summed E-state index contributed by atoms with van der Waals surface area (Å²) in [4.78, 5) is 32.7. The van der Waals surface area contributed by atoms with Crippen LogP contribution in [0, 0.1) is 10.1 Å². The zero-order valence-electron chi connectivity index (χ0n) is 10.4. The van der Waals surface area contributed by atoms with E-state index in [1.165, 1.54) is 24.3 Å². The molecule has 1 rings (SSSR count). The number of carbonyl (C=O) groups excluding carboxylic acids is 2. The van der Waals surface area contributed by atoms with E-state index < -0.39 is 16.7 Å². The molecule has 0 heterocycles. The first kappa shape index (κ1) is 14.6. The monoisotopic (exact) mass is 263 g/mol. The Kier molecular flexibility index (Phi) is 5.40. The molecule has 1 aromatic rings. The normalized spacial score (nSPS) is 10.4. The van der Waals surface area contributed by atoms with Crippen molar-refractivity contribution in [1.82, 2.24) is 0 Å². The van der Waals surface area contributed by atoms with Crippen molar-refractivity contribution in [2.75, 3.05) is 6.61 Å². The summed E-state index contributed by atoms with van der Waals surface area (Å²) in [6, 6.07) is 6.03. The summed E-state index contributed by atoms with van der Waals surface area (Å²) >= 11 is 0. The number of para-hydroxylation sites is 1. The number of hydrogen-bond acceptors (Lipinski definition) is 5. The third-order valence-electron chi connectivity index (χ3n) is 2.21. The molecule has 0 spiro atoms. The highest BCUT2D eigenvalue weighted by Gasteiger charge is 2.11. The fourth-order valence-electron chi connectivity index (χ4n) is 1.39. The van der Waals surface area contributed by atoms with Gasteiger partial charge in [-0.25, -0.2) is 0 Å². The van der Waals surface area contributed by atoms with Gasteiger partial charge in [-0.3, -0.25) is 19.7 Å². The minimum Gasteiger partial charge on any atom is -0.466 e. The molecule has 0 fully saturated rings. The predicted octanol–water partition coefficient (Wildman–Crippen LogP) is 2.13. The Bertz CT molecular complexity index is 522. The molecule has 0 aromatic heterocycles. The van der Waals surface area contributed by atoms with E-state index in [2.05, 4.69) is 4.74 Å². The molecule has 0 atom stereocenters. The Morgan fingerprint density at radius 2 is 2.05 bits per heavy atom. The lowest BCUT2D eigenvalue weighted by molar-refractivity contribution is -0.385. The third kappa shape index (κ3) is 4.71. The molecule has 0 aliphatic heterocycles. The zero-order chi connectivity index (χ0) is 14.3. The second kappa shape index (κ2) is 7.05. The number of nitrogens with zero attached hydrogens (tertiary/aromatic N) is 1. The van der Waals surface area contributed by atoms with Gasteiger partial charge in [0, 0.05) is 6.07 Å². The van der Waals surface area contributed by atoms with Crippen molar-refractivity contribution in [2.45, 2.75) is 13.3 Å². The molecule has 0 radical (unpaired) electrons. The molecule has 19 heavy (non-hydrogen) atoms. The molecule has 0 aliphatic carbocycles. The van der Waals surface area contributed by atoms with Gasteiger partial charge in [-0.2, -0.15) is 0 Å². The smallest absolute Gasteiger partial charge is 0.313 e. The first-order valence-electron chi connectivity index (χ1n) is 5.64. The largest absolute Gasteiger partial charge is 0.466 e. The SMILES string of the molecule is CCOC(=O)CC(=O)/C=C/c1ccccc1[N+](=O)[O-]. The van der Waals surface area contributed by atoms with Gasteiger partial charge in [0.05, 0.1) is 17.1 Å². The molecular weight excluding hydrogens is 250 g/mol. The number of ketones is 1. The van der Waals surface area contributed by atoms with Crippen LogP contribution in [0.4, 0.5) is 5.69 Å². The summed E-state index contributed by atoms with van der Waals surface area (Å²) in [5.74, 6) is -1.07. The third-order valence-corrected chi connectivity index (χ3v) is 2.21. The van der Waals surface area contributed by atoms with Gasteiger partial charge in [-0.1, -0.05) is 12.1 Å². The fraction of sp³-hybridized carbons (Fsp3) is 0.231. The van der Waals surface area contributed by atoms with Gasteiger partial charge in [-0.05, 0) is 25.1 Å². The number of allylic oxidation sites excluding steroid dienone is 1. The fourth-order valence-corrected chi connectivity index (χ4v) is 1.39. The molecular formula is C13H13NO5. The van der Waals surface area contributed by atoms with E-state index in [0.29, 0.717) is 5.56 Å². The lowest BCUT2D eigenvalue weighted by atomic mass is 10.1. The Balaban J connectivity index is 2.74. The van der Waals surface area contributed by atoms with Crippen molar-refractivity contribution in [2.24, 2.45) is 0 Å². The van der Waals surface area contributed by atoms with Gasteiger partial charge >= 0.3 is 5.97 Å². The van der Waals surface area contributed by atoms with Crippen molar-refractivity contribution >= 4 is 23.5 Å². The topological polar surface area (TPSA) is 86.5 Å². The molecule has 0 aliphatic rings. The van der Waals surface area contributed by atoms with Crippen molar-refractivity contribution in [1.29, 1.82) is 0 Å². The van der Waals surface area contributed by atoms with Crippen LogP contribution >= 0.6 is 0 Å². The molecule has 0 saturated heterocycles. The van der Waals surface area contributed by atoms with Crippen LogP contribution in [0.15, 0.2) is 30.3 Å². The van der Waals surface area contributed by atoms with Crippen molar-refractivity contribution < 1.29 is 19.2 Å². The highest BCUT2D eigenvalue weighted by molar-refractivity contribution is 6.04. The molecule has 0 unspecified atom stereocenters. The maximum absolute atomic E-state index is 11.4. The average molecular weight is 263 g/mol. The van der Waals surface area contributed by atoms with Crippen LogP contribution in [0.25, 0.3) is 6.08 Å². The van der Waals surface area contributed by atoms with E-state index in [1.807, 2.05) is 0 Å². The van der Waals surface area contributed by atoms with Crippen LogP contribution < -0.4 is 0 Å². The van der Waals surface area contributed by atoms with Gasteiger partial charge in [0.25, 0.3) is 5.69 Å². The van der Waals surface area contributed by atoms with E-state index in [9.17, 15) is 19.7 Å². The number of nitro benzene ring substituents is 1. The summed E-state index contributed by atoms with van der Waals surface area (Å²) in [5.41, 5.74) is 0.215. The second-order valence-electron chi connectivity index (χ2n) is 3.60. The van der Waals surface area contributed by atoms with Crippen LogP contribution in [-0.2, 0) is 14.3 Å². The number of nitro groups is 1. The Hall–Kier alpha value is -2.50. The summed E-state index contributed by atoms with van der Waals surface area (Å²) in [6.45, 7) is 1.85. The van der Waals surface area contributed by atoms with Gasteiger partial charge in [0.15, 0.2) is 5.78 Å². The summed E-state index contributed by atoms with van der Waals surface area (Å²) in [7, 11) is 0. The van der Waals surface area contributed by atoms with Crippen LogP contribution in [0.5, 0.6) is 0 Å². The van der Waals surface area contributed by atoms with Crippen molar-refractivity contribution in [3.8, 4) is 0 Å². The van der Waals surface area contributed by atoms with Crippen LogP contribution in [0.2, 0.25) is 0 Å². The summed E-state index contributed by atoms with van der Waals surface area (Å²) in [6.07, 6.45) is 2.09. The first-order chi connectivity index (χ1) is 9.04. The van der Waals surface area contributed by atoms with Crippen LogP contribution in [0.1, 0.15) is 18.9 Å². The van der Waals surface area contributed by atoms with E-state index in [4.69, 9.17) is 0 Å². The quantitative estimate of drug-likeness (QED) is 0.258. The standard InChI is InChI=1S/C13H13NO5/c1-2-19-13(16)9-11(15)8-7-10-5-3-4-6-12(10)14(17)18/h3-8H,2,9H2,1H3/b8-7+. The molecule has 0 bridgehead atoms. The number of rotatable bonds is 6. The zero-order valence-corrected chi connectivity index (χ0v) is 10.4. The van der Waals surface area contributed by atoms with E-state index in [1.54, 1.807) is 13.0 Å². The second-order valence-corrected chi connectivity index (χ2v) is 3.60. The Labute approximate surface area is 109 Å². The lowest BCUT2D eigenvalue weighted by Crippen LogP contribution is -2.09. The van der Waals surface area contributed by atoms with Gasteiger partial charge < -0.3 is 4.74 Å². The van der Waals surface area contributed by atoms with Crippen molar-refractivity contribution in [3.63, 3.8) is 0 Å². The lowest BCUT2D eigenvalue weighted by Gasteiger charge is -1.98. The Morgan fingerprint density at radius 1 is 1.37 bits per heavy atom. The minimum atomic E-state index is -0.611. The van der Waals surface area contributed by atoms with Gasteiger partial charge in [0.2, 0.25) is 0 Å². The first-order valence-corrected chi connectivity index (χ1v) is 5.64. The van der Waals surface area contributed by atoms with E-state index in [0.717, 1.165) is 6.08 Å². The molecule has 0 amide bonds. The number of benzene rings is 1. The average Bonchev–Trinajstić information content (AvgIpc) is 2.36. The van der Waals surface area contributed by atoms with Crippen molar-refractivity contribution in [3.05, 3.63) is 46.0 Å². The molecule has 0 N–H and O–H groups in total. The minimum absolute atomic E-state index is 0.0947. The summed E-state index contributed by atoms with van der Waals surface area (Å²) in [5, 5.41) is 10.7. The molecule has 0 saturated carbocycles. The number of esters is 1.